The number of hydrogen-bond donors (Lipinski definition) is 1. The first-order valence-electron chi connectivity index (χ1n) is 8.10. The molecular weight excluding hydrogens is 264 g/mol. The minimum atomic E-state index is -0.268. The third-order valence-electron chi connectivity index (χ3n) is 4.33. The number of carbonyl (C=O) groups excluding carboxylic acids is 1. The van der Waals surface area contributed by atoms with Gasteiger partial charge in [-0.2, -0.15) is 0 Å². The first-order valence-corrected chi connectivity index (χ1v) is 8.10. The van der Waals surface area contributed by atoms with Crippen LogP contribution < -0.4 is 10.2 Å². The average molecular weight is 288 g/mol. The van der Waals surface area contributed by atoms with Gasteiger partial charge in [0, 0.05) is 31.1 Å². The Morgan fingerprint density at radius 3 is 2.38 bits per heavy atom. The maximum absolute atomic E-state index is 12.0. The van der Waals surface area contributed by atoms with Gasteiger partial charge in [-0.15, -0.1) is 0 Å². The van der Waals surface area contributed by atoms with Crippen molar-refractivity contribution >= 4 is 17.3 Å². The van der Waals surface area contributed by atoms with Gasteiger partial charge in [-0.25, -0.2) is 0 Å². The second-order valence-corrected chi connectivity index (χ2v) is 5.94. The standard InChI is InChI=1S/C17H24N2O2/c20-17(16-6-5-13-21-16)18-14-7-9-15(10-8-14)19-11-3-1-2-4-12-19/h7-10,16H,1-6,11-13H2,(H,18,20)/t16-/m1/s1. The zero-order valence-electron chi connectivity index (χ0n) is 12.5. The molecule has 2 aliphatic heterocycles. The Morgan fingerprint density at radius 1 is 1.05 bits per heavy atom. The molecular formula is C17H24N2O2. The van der Waals surface area contributed by atoms with E-state index in [1.54, 1.807) is 0 Å². The van der Waals surface area contributed by atoms with E-state index in [2.05, 4.69) is 22.3 Å². The third-order valence-corrected chi connectivity index (χ3v) is 4.33. The largest absolute Gasteiger partial charge is 0.372 e. The molecule has 2 fully saturated rings. The minimum absolute atomic E-state index is 0.0185. The highest BCUT2D eigenvalue weighted by molar-refractivity contribution is 5.94. The summed E-state index contributed by atoms with van der Waals surface area (Å²) in [5, 5.41) is 2.94. The summed E-state index contributed by atoms with van der Waals surface area (Å²) in [5.74, 6) is -0.0185. The maximum atomic E-state index is 12.0. The van der Waals surface area contributed by atoms with Gasteiger partial charge in [-0.3, -0.25) is 4.79 Å². The topological polar surface area (TPSA) is 41.6 Å². The zero-order valence-corrected chi connectivity index (χ0v) is 12.5. The van der Waals surface area contributed by atoms with E-state index in [-0.39, 0.29) is 12.0 Å². The van der Waals surface area contributed by atoms with Crippen molar-refractivity contribution in [1.29, 1.82) is 0 Å². The molecule has 4 heteroatoms. The van der Waals surface area contributed by atoms with E-state index in [0.29, 0.717) is 6.61 Å². The Morgan fingerprint density at radius 2 is 1.76 bits per heavy atom. The molecule has 4 nitrogen and oxygen atoms in total. The molecule has 2 saturated heterocycles. The number of carbonyl (C=O) groups is 1. The van der Waals surface area contributed by atoms with Crippen molar-refractivity contribution < 1.29 is 9.53 Å². The van der Waals surface area contributed by atoms with Crippen LogP contribution >= 0.6 is 0 Å². The van der Waals surface area contributed by atoms with Crippen molar-refractivity contribution in [1.82, 2.24) is 0 Å². The van der Waals surface area contributed by atoms with Crippen LogP contribution in [0.15, 0.2) is 24.3 Å². The number of ether oxygens (including phenoxy) is 1. The number of amides is 1. The van der Waals surface area contributed by atoms with Crippen molar-refractivity contribution in [2.24, 2.45) is 0 Å². The molecule has 2 heterocycles. The third kappa shape index (κ3) is 3.76. The van der Waals surface area contributed by atoms with Gasteiger partial charge in [-0.05, 0) is 49.9 Å². The fourth-order valence-corrected chi connectivity index (χ4v) is 3.09. The Labute approximate surface area is 126 Å². The lowest BCUT2D eigenvalue weighted by Crippen LogP contribution is -2.27. The van der Waals surface area contributed by atoms with Crippen LogP contribution in [0, 0.1) is 0 Å². The Balaban J connectivity index is 1.59. The van der Waals surface area contributed by atoms with Crippen LogP contribution in [0.5, 0.6) is 0 Å². The fraction of sp³-hybridized carbons (Fsp3) is 0.588. The molecule has 0 saturated carbocycles. The normalized spacial score (nSPS) is 22.9. The van der Waals surface area contributed by atoms with Gasteiger partial charge in [0.1, 0.15) is 6.10 Å². The SMILES string of the molecule is O=C(Nc1ccc(N2CCCCCC2)cc1)[C@H]1CCCO1. The number of rotatable bonds is 3. The first-order chi connectivity index (χ1) is 10.3. The van der Waals surface area contributed by atoms with E-state index >= 15 is 0 Å². The zero-order chi connectivity index (χ0) is 14.5. The summed E-state index contributed by atoms with van der Waals surface area (Å²) in [6, 6.07) is 8.20. The fourth-order valence-electron chi connectivity index (χ4n) is 3.09. The lowest BCUT2D eigenvalue weighted by Gasteiger charge is -2.23. The number of nitrogens with one attached hydrogen (secondary N) is 1. The average Bonchev–Trinajstić information content (AvgIpc) is 2.91. The highest BCUT2D eigenvalue weighted by atomic mass is 16.5. The van der Waals surface area contributed by atoms with E-state index in [9.17, 15) is 4.79 Å². The molecule has 0 aromatic heterocycles. The molecule has 2 aliphatic rings. The molecule has 0 spiro atoms. The van der Waals surface area contributed by atoms with E-state index in [1.165, 1.54) is 31.4 Å². The molecule has 0 bridgehead atoms. The number of anilines is 2. The van der Waals surface area contributed by atoms with Gasteiger partial charge in [0.25, 0.3) is 5.91 Å². The van der Waals surface area contributed by atoms with Crippen LogP contribution in [-0.4, -0.2) is 31.7 Å². The molecule has 1 aromatic rings. The second-order valence-electron chi connectivity index (χ2n) is 5.94. The molecule has 21 heavy (non-hydrogen) atoms. The maximum Gasteiger partial charge on any atom is 0.253 e. The van der Waals surface area contributed by atoms with Crippen LogP contribution in [0.25, 0.3) is 0 Å². The van der Waals surface area contributed by atoms with Gasteiger partial charge >= 0.3 is 0 Å². The summed E-state index contributed by atoms with van der Waals surface area (Å²) >= 11 is 0. The van der Waals surface area contributed by atoms with Crippen molar-refractivity contribution in [3.05, 3.63) is 24.3 Å². The Kier molecular flexibility index (Phi) is 4.76. The highest BCUT2D eigenvalue weighted by Crippen LogP contribution is 2.22. The molecule has 0 unspecified atom stereocenters. The monoisotopic (exact) mass is 288 g/mol. The van der Waals surface area contributed by atoms with E-state index in [1.807, 2.05) is 12.1 Å². The van der Waals surface area contributed by atoms with E-state index in [4.69, 9.17) is 4.74 Å². The van der Waals surface area contributed by atoms with E-state index < -0.39 is 0 Å². The predicted octanol–water partition coefficient (Wildman–Crippen LogP) is 3.18. The lowest BCUT2D eigenvalue weighted by atomic mass is 10.2. The molecule has 1 aromatic carbocycles. The van der Waals surface area contributed by atoms with Crippen molar-refractivity contribution in [3.8, 4) is 0 Å². The molecule has 0 radical (unpaired) electrons. The van der Waals surface area contributed by atoms with Crippen molar-refractivity contribution in [3.63, 3.8) is 0 Å². The molecule has 3 rings (SSSR count). The molecule has 1 atom stereocenters. The van der Waals surface area contributed by atoms with Crippen LogP contribution in [0.2, 0.25) is 0 Å². The van der Waals surface area contributed by atoms with Crippen molar-refractivity contribution in [2.75, 3.05) is 29.9 Å². The van der Waals surface area contributed by atoms with Crippen LogP contribution in [0.1, 0.15) is 38.5 Å². The summed E-state index contributed by atoms with van der Waals surface area (Å²) in [5.41, 5.74) is 2.11. The molecule has 0 aliphatic carbocycles. The molecule has 114 valence electrons. The lowest BCUT2D eigenvalue weighted by molar-refractivity contribution is -0.124. The van der Waals surface area contributed by atoms with Gasteiger partial charge in [0.2, 0.25) is 0 Å². The van der Waals surface area contributed by atoms with Crippen LogP contribution in [0.3, 0.4) is 0 Å². The number of benzene rings is 1. The second kappa shape index (κ2) is 6.94. The van der Waals surface area contributed by atoms with Gasteiger partial charge < -0.3 is 15.0 Å². The Bertz CT molecular complexity index is 458. The minimum Gasteiger partial charge on any atom is -0.372 e. The van der Waals surface area contributed by atoms with E-state index in [0.717, 1.165) is 31.6 Å². The van der Waals surface area contributed by atoms with Gasteiger partial charge in [0.15, 0.2) is 0 Å². The summed E-state index contributed by atoms with van der Waals surface area (Å²) in [6.07, 6.45) is 6.77. The van der Waals surface area contributed by atoms with Gasteiger partial charge in [0.05, 0.1) is 0 Å². The highest BCUT2D eigenvalue weighted by Gasteiger charge is 2.23. The van der Waals surface area contributed by atoms with Crippen LogP contribution in [0.4, 0.5) is 11.4 Å². The van der Waals surface area contributed by atoms with Crippen molar-refractivity contribution in [2.45, 2.75) is 44.6 Å². The summed E-state index contributed by atoms with van der Waals surface area (Å²) in [6.45, 7) is 2.98. The quantitative estimate of drug-likeness (QED) is 0.928. The predicted molar refractivity (Wildman–Crippen MR) is 84.7 cm³/mol. The number of nitrogens with zero attached hydrogens (tertiary/aromatic N) is 1. The molecule has 1 amide bonds. The first kappa shape index (κ1) is 14.4. The smallest absolute Gasteiger partial charge is 0.253 e. The Hall–Kier alpha value is -1.55. The van der Waals surface area contributed by atoms with Gasteiger partial charge in [-0.1, -0.05) is 12.8 Å². The summed E-state index contributed by atoms with van der Waals surface area (Å²) in [4.78, 5) is 14.4. The van der Waals surface area contributed by atoms with Crippen LogP contribution in [-0.2, 0) is 9.53 Å². The summed E-state index contributed by atoms with van der Waals surface area (Å²) < 4.78 is 5.40. The summed E-state index contributed by atoms with van der Waals surface area (Å²) in [7, 11) is 0. The molecule has 1 N–H and O–H groups in total. The number of hydrogen-bond acceptors (Lipinski definition) is 3.